The van der Waals surface area contributed by atoms with E-state index in [0.717, 1.165) is 18.4 Å². The smallest absolute Gasteiger partial charge is 0.0722 e. The van der Waals surface area contributed by atoms with Gasteiger partial charge in [0.1, 0.15) is 0 Å². The van der Waals surface area contributed by atoms with E-state index in [9.17, 15) is 0 Å². The highest BCUT2D eigenvalue weighted by atomic mass is 16.5. The highest BCUT2D eigenvalue weighted by Crippen LogP contribution is 2.07. The Morgan fingerprint density at radius 1 is 1.64 bits per heavy atom. The Balaban J connectivity index is 2.51. The van der Waals surface area contributed by atoms with E-state index in [2.05, 4.69) is 12.0 Å². The lowest BCUT2D eigenvalue weighted by Gasteiger charge is -2.20. The minimum Gasteiger partial charge on any atom is -0.380 e. The van der Waals surface area contributed by atoms with Crippen molar-refractivity contribution in [1.82, 2.24) is 9.78 Å². The predicted molar refractivity (Wildman–Crippen MR) is 56.0 cm³/mol. The van der Waals surface area contributed by atoms with Gasteiger partial charge in [0, 0.05) is 26.4 Å². The molecule has 80 valence electrons. The highest BCUT2D eigenvalue weighted by molar-refractivity contribution is 5.06. The molecule has 14 heavy (non-hydrogen) atoms. The summed E-state index contributed by atoms with van der Waals surface area (Å²) >= 11 is 0. The summed E-state index contributed by atoms with van der Waals surface area (Å²) in [4.78, 5) is 0. The van der Waals surface area contributed by atoms with Gasteiger partial charge in [-0.3, -0.25) is 4.68 Å². The number of aryl methyl sites for hydroxylation is 1. The van der Waals surface area contributed by atoms with Gasteiger partial charge in [-0.1, -0.05) is 6.92 Å². The Bertz CT molecular complexity index is 268. The predicted octanol–water partition coefficient (Wildman–Crippen LogP) is 0.715. The van der Waals surface area contributed by atoms with Gasteiger partial charge in [-0.05, 0) is 18.4 Å². The first-order chi connectivity index (χ1) is 6.67. The van der Waals surface area contributed by atoms with E-state index in [1.54, 1.807) is 11.8 Å². The van der Waals surface area contributed by atoms with Crippen LogP contribution < -0.4 is 5.73 Å². The fraction of sp³-hybridized carbons (Fsp3) is 0.700. The van der Waals surface area contributed by atoms with E-state index in [1.807, 2.05) is 19.4 Å². The third-order valence-electron chi connectivity index (χ3n) is 2.41. The van der Waals surface area contributed by atoms with Crippen LogP contribution in [0.5, 0.6) is 0 Å². The van der Waals surface area contributed by atoms with Gasteiger partial charge >= 0.3 is 0 Å². The lowest BCUT2D eigenvalue weighted by atomic mass is 10.0. The highest BCUT2D eigenvalue weighted by Gasteiger charge is 2.15. The first-order valence-corrected chi connectivity index (χ1v) is 4.93. The topological polar surface area (TPSA) is 53.1 Å². The number of hydrogen-bond donors (Lipinski definition) is 1. The maximum atomic E-state index is 6.02. The largest absolute Gasteiger partial charge is 0.380 e. The Morgan fingerprint density at radius 2 is 2.36 bits per heavy atom. The fourth-order valence-corrected chi connectivity index (χ4v) is 1.63. The van der Waals surface area contributed by atoms with E-state index < -0.39 is 0 Å². The van der Waals surface area contributed by atoms with Gasteiger partial charge in [0.05, 0.1) is 12.3 Å². The third-order valence-corrected chi connectivity index (χ3v) is 2.41. The molecule has 1 heterocycles. The summed E-state index contributed by atoms with van der Waals surface area (Å²) in [7, 11) is 3.61. The second-order valence-electron chi connectivity index (χ2n) is 3.57. The number of hydrogen-bond acceptors (Lipinski definition) is 3. The normalized spacial score (nSPS) is 15.4. The molecule has 0 saturated carbocycles. The molecule has 1 aromatic rings. The molecule has 0 aliphatic heterocycles. The number of rotatable bonds is 5. The minimum absolute atomic E-state index is 0.0502. The molecule has 0 radical (unpaired) electrons. The lowest BCUT2D eigenvalue weighted by molar-refractivity contribution is 0.0773. The van der Waals surface area contributed by atoms with Gasteiger partial charge in [0.25, 0.3) is 0 Å². The summed E-state index contributed by atoms with van der Waals surface area (Å²) in [6, 6.07) is 0.0502. The van der Waals surface area contributed by atoms with Crippen LogP contribution in [0.2, 0.25) is 0 Å². The monoisotopic (exact) mass is 197 g/mol. The molecular formula is C10H19N3O. The van der Waals surface area contributed by atoms with Crippen LogP contribution in [-0.2, 0) is 18.2 Å². The number of nitrogens with two attached hydrogens (primary N) is 1. The van der Waals surface area contributed by atoms with Crippen LogP contribution in [-0.4, -0.2) is 29.0 Å². The van der Waals surface area contributed by atoms with Gasteiger partial charge in [-0.15, -0.1) is 0 Å². The van der Waals surface area contributed by atoms with Crippen molar-refractivity contribution in [2.75, 3.05) is 7.11 Å². The van der Waals surface area contributed by atoms with E-state index in [4.69, 9.17) is 10.5 Å². The molecule has 2 atom stereocenters. The minimum atomic E-state index is 0.0502. The summed E-state index contributed by atoms with van der Waals surface area (Å²) in [5, 5.41) is 4.10. The molecule has 0 spiro atoms. The maximum Gasteiger partial charge on any atom is 0.0722 e. The van der Waals surface area contributed by atoms with E-state index in [1.165, 1.54) is 0 Å². The van der Waals surface area contributed by atoms with Crippen LogP contribution >= 0.6 is 0 Å². The molecule has 1 aromatic heterocycles. The molecule has 0 saturated heterocycles. The molecule has 0 aliphatic rings. The molecule has 2 N–H and O–H groups in total. The van der Waals surface area contributed by atoms with Gasteiger partial charge < -0.3 is 10.5 Å². The van der Waals surface area contributed by atoms with Crippen molar-refractivity contribution >= 4 is 0 Å². The first kappa shape index (κ1) is 11.2. The van der Waals surface area contributed by atoms with Crippen LogP contribution in [0.15, 0.2) is 12.4 Å². The van der Waals surface area contributed by atoms with Crippen molar-refractivity contribution in [1.29, 1.82) is 0 Å². The SMILES string of the molecule is CCC(OC)C(N)Cc1cnn(C)c1. The zero-order valence-corrected chi connectivity index (χ0v) is 9.10. The Kier molecular flexibility index (Phi) is 4.10. The zero-order valence-electron chi connectivity index (χ0n) is 9.10. The quantitative estimate of drug-likeness (QED) is 0.756. The molecule has 0 aliphatic carbocycles. The standard InChI is InChI=1S/C10H19N3O/c1-4-10(14-3)9(11)5-8-6-12-13(2)7-8/h6-7,9-10H,4-5,11H2,1-3H3. The second-order valence-corrected chi connectivity index (χ2v) is 3.57. The van der Waals surface area contributed by atoms with Crippen LogP contribution in [0.3, 0.4) is 0 Å². The summed E-state index contributed by atoms with van der Waals surface area (Å²) in [6.45, 7) is 2.08. The zero-order chi connectivity index (χ0) is 10.6. The Labute approximate surface area is 85.0 Å². The van der Waals surface area contributed by atoms with Crippen molar-refractivity contribution in [3.05, 3.63) is 18.0 Å². The van der Waals surface area contributed by atoms with Crippen LogP contribution in [0.25, 0.3) is 0 Å². The van der Waals surface area contributed by atoms with Gasteiger partial charge in [-0.25, -0.2) is 0 Å². The summed E-state index contributed by atoms with van der Waals surface area (Å²) in [5.74, 6) is 0. The summed E-state index contributed by atoms with van der Waals surface area (Å²) in [5.41, 5.74) is 7.18. The van der Waals surface area contributed by atoms with Gasteiger partial charge in [0.15, 0.2) is 0 Å². The third kappa shape index (κ3) is 2.82. The Morgan fingerprint density at radius 3 is 2.79 bits per heavy atom. The molecule has 1 rings (SSSR count). The molecular weight excluding hydrogens is 178 g/mol. The van der Waals surface area contributed by atoms with Crippen molar-refractivity contribution in [3.63, 3.8) is 0 Å². The van der Waals surface area contributed by atoms with Crippen molar-refractivity contribution in [2.45, 2.75) is 31.9 Å². The number of methoxy groups -OCH3 is 1. The number of aromatic nitrogens is 2. The lowest BCUT2D eigenvalue weighted by Crippen LogP contribution is -2.37. The molecule has 2 unspecified atom stereocenters. The van der Waals surface area contributed by atoms with E-state index in [-0.39, 0.29) is 12.1 Å². The molecule has 0 bridgehead atoms. The second kappa shape index (κ2) is 5.12. The summed E-state index contributed by atoms with van der Waals surface area (Å²) < 4.78 is 7.08. The van der Waals surface area contributed by atoms with Gasteiger partial charge in [-0.2, -0.15) is 5.10 Å². The fourth-order valence-electron chi connectivity index (χ4n) is 1.63. The molecule has 0 amide bonds. The average Bonchev–Trinajstić information content (AvgIpc) is 2.53. The number of nitrogens with zero attached hydrogens (tertiary/aromatic N) is 2. The van der Waals surface area contributed by atoms with Crippen LogP contribution in [0, 0.1) is 0 Å². The molecule has 4 nitrogen and oxygen atoms in total. The first-order valence-electron chi connectivity index (χ1n) is 4.93. The molecule has 4 heteroatoms. The van der Waals surface area contributed by atoms with Crippen LogP contribution in [0.4, 0.5) is 0 Å². The van der Waals surface area contributed by atoms with Crippen molar-refractivity contribution in [3.8, 4) is 0 Å². The van der Waals surface area contributed by atoms with Crippen molar-refractivity contribution in [2.24, 2.45) is 12.8 Å². The number of ether oxygens (including phenoxy) is 1. The van der Waals surface area contributed by atoms with E-state index >= 15 is 0 Å². The average molecular weight is 197 g/mol. The summed E-state index contributed by atoms with van der Waals surface area (Å²) in [6.07, 6.45) is 5.73. The van der Waals surface area contributed by atoms with Crippen molar-refractivity contribution < 1.29 is 4.74 Å². The van der Waals surface area contributed by atoms with Crippen LogP contribution in [0.1, 0.15) is 18.9 Å². The van der Waals surface area contributed by atoms with E-state index in [0.29, 0.717) is 0 Å². The van der Waals surface area contributed by atoms with Gasteiger partial charge in [0.2, 0.25) is 0 Å². The molecule has 0 aromatic carbocycles. The maximum absolute atomic E-state index is 6.02. The Hall–Kier alpha value is -0.870. The molecule has 0 fully saturated rings.